The van der Waals surface area contributed by atoms with Crippen LogP contribution in [0.1, 0.15) is 12.8 Å². The Balaban J connectivity index is 2.84. The lowest BCUT2D eigenvalue weighted by Crippen LogP contribution is -2.66. The first-order valence-electron chi connectivity index (χ1n) is 6.09. The van der Waals surface area contributed by atoms with E-state index in [0.29, 0.717) is 24.9 Å². The Hall–Kier alpha value is -0.489. The molecular weight excluding hydrogens is 280 g/mol. The van der Waals surface area contributed by atoms with Gasteiger partial charge in [0, 0.05) is 24.9 Å². The van der Waals surface area contributed by atoms with E-state index in [9.17, 15) is 0 Å². The Morgan fingerprint density at radius 2 is 1.17 bits per heavy atom. The van der Waals surface area contributed by atoms with Crippen molar-refractivity contribution < 1.29 is 12.3 Å². The monoisotopic (exact) mass is 300 g/mol. The molecule has 8 heteroatoms. The fourth-order valence-electron chi connectivity index (χ4n) is 2.33. The SMILES string of the molecule is C[Si]1(C)O[Si](C)(CCC#N)O[Si](C)(CCC#N)O1. The van der Waals surface area contributed by atoms with Gasteiger partial charge in [0.15, 0.2) is 0 Å². The molecule has 0 aromatic rings. The van der Waals surface area contributed by atoms with Crippen LogP contribution in [0.5, 0.6) is 0 Å². The Kier molecular flexibility index (Phi) is 4.89. The second-order valence-corrected chi connectivity index (χ2v) is 16.1. The fraction of sp³-hybridized carbons (Fsp3) is 0.800. The van der Waals surface area contributed by atoms with Gasteiger partial charge >= 0.3 is 25.7 Å². The first kappa shape index (κ1) is 15.6. The van der Waals surface area contributed by atoms with Crippen LogP contribution >= 0.6 is 0 Å². The molecule has 5 nitrogen and oxygen atoms in total. The molecule has 0 amide bonds. The van der Waals surface area contributed by atoms with Crippen LogP contribution in [0.2, 0.25) is 38.3 Å². The molecule has 1 heterocycles. The molecular formula is C10H20N2O3Si3. The zero-order chi connectivity index (χ0) is 13.9. The highest BCUT2D eigenvalue weighted by atomic mass is 28.5. The van der Waals surface area contributed by atoms with Gasteiger partial charge in [-0.3, -0.25) is 0 Å². The zero-order valence-electron chi connectivity index (χ0n) is 11.4. The summed E-state index contributed by atoms with van der Waals surface area (Å²) in [6.45, 7) is 8.06. The van der Waals surface area contributed by atoms with Gasteiger partial charge in [-0.1, -0.05) is 0 Å². The van der Waals surface area contributed by atoms with Crippen molar-refractivity contribution >= 4 is 25.7 Å². The van der Waals surface area contributed by atoms with Gasteiger partial charge in [0.1, 0.15) is 0 Å². The van der Waals surface area contributed by atoms with Crippen LogP contribution in [-0.2, 0) is 12.3 Å². The molecule has 1 aliphatic heterocycles. The van der Waals surface area contributed by atoms with Gasteiger partial charge in [-0.2, -0.15) is 10.5 Å². The van der Waals surface area contributed by atoms with E-state index in [0.717, 1.165) is 0 Å². The van der Waals surface area contributed by atoms with E-state index in [4.69, 9.17) is 22.9 Å². The summed E-state index contributed by atoms with van der Waals surface area (Å²) in [4.78, 5) is 0. The average molecular weight is 301 g/mol. The number of hydrogen-bond acceptors (Lipinski definition) is 5. The zero-order valence-corrected chi connectivity index (χ0v) is 14.4. The molecule has 0 aromatic carbocycles. The second kappa shape index (κ2) is 5.65. The molecule has 1 rings (SSSR count). The van der Waals surface area contributed by atoms with Gasteiger partial charge in [0.2, 0.25) is 0 Å². The van der Waals surface area contributed by atoms with Gasteiger partial charge in [-0.15, -0.1) is 0 Å². The fourth-order valence-corrected chi connectivity index (χ4v) is 18.7. The van der Waals surface area contributed by atoms with Gasteiger partial charge < -0.3 is 12.3 Å². The lowest BCUT2D eigenvalue weighted by molar-refractivity contribution is 0.227. The van der Waals surface area contributed by atoms with E-state index in [-0.39, 0.29) is 0 Å². The third-order valence-electron chi connectivity index (χ3n) is 2.74. The maximum absolute atomic E-state index is 8.72. The van der Waals surface area contributed by atoms with Gasteiger partial charge in [-0.05, 0) is 26.2 Å². The van der Waals surface area contributed by atoms with E-state index in [1.54, 1.807) is 0 Å². The molecule has 1 aliphatic rings. The van der Waals surface area contributed by atoms with E-state index >= 15 is 0 Å². The molecule has 0 spiro atoms. The van der Waals surface area contributed by atoms with E-state index in [2.05, 4.69) is 12.1 Å². The molecule has 1 fully saturated rings. The second-order valence-electron chi connectivity index (χ2n) is 5.29. The maximum Gasteiger partial charge on any atom is 0.318 e. The van der Waals surface area contributed by atoms with Crippen LogP contribution in [0.15, 0.2) is 0 Å². The minimum Gasteiger partial charge on any atom is -0.416 e. The first-order valence-corrected chi connectivity index (χ1v) is 13.9. The van der Waals surface area contributed by atoms with Crippen LogP contribution < -0.4 is 0 Å². The smallest absolute Gasteiger partial charge is 0.318 e. The summed E-state index contributed by atoms with van der Waals surface area (Å²) in [6.07, 6.45) is 0.909. The third kappa shape index (κ3) is 4.32. The number of hydrogen-bond donors (Lipinski definition) is 0. The molecule has 0 N–H and O–H groups in total. The number of nitriles is 2. The van der Waals surface area contributed by atoms with Gasteiger partial charge in [-0.25, -0.2) is 0 Å². The summed E-state index contributed by atoms with van der Waals surface area (Å²) in [6, 6.07) is 5.66. The summed E-state index contributed by atoms with van der Waals surface area (Å²) in [7, 11) is -6.81. The molecule has 0 bridgehead atoms. The minimum absolute atomic E-state index is 0.454. The molecule has 2 atom stereocenters. The van der Waals surface area contributed by atoms with Crippen LogP contribution in [0.3, 0.4) is 0 Å². The summed E-state index contributed by atoms with van der Waals surface area (Å²) in [5, 5.41) is 17.4. The van der Waals surface area contributed by atoms with Gasteiger partial charge in [0.05, 0.1) is 12.1 Å². The molecule has 1 saturated heterocycles. The van der Waals surface area contributed by atoms with E-state index < -0.39 is 25.7 Å². The predicted octanol–water partition coefficient (Wildman–Crippen LogP) is 2.72. The molecule has 0 saturated carbocycles. The Morgan fingerprint density at radius 1 is 0.778 bits per heavy atom. The van der Waals surface area contributed by atoms with Crippen molar-refractivity contribution in [1.29, 1.82) is 10.5 Å². The molecule has 0 aromatic heterocycles. The molecule has 0 aliphatic carbocycles. The number of rotatable bonds is 4. The first-order chi connectivity index (χ1) is 8.24. The largest absolute Gasteiger partial charge is 0.416 e. The highest BCUT2D eigenvalue weighted by molar-refractivity contribution is 6.93. The van der Waals surface area contributed by atoms with Crippen molar-refractivity contribution in [3.8, 4) is 12.1 Å². The minimum atomic E-state index is -2.31. The highest BCUT2D eigenvalue weighted by Crippen LogP contribution is 2.35. The van der Waals surface area contributed by atoms with Crippen LogP contribution in [0.25, 0.3) is 0 Å². The predicted molar refractivity (Wildman–Crippen MR) is 74.0 cm³/mol. The summed E-state index contributed by atoms with van der Waals surface area (Å²) in [5.41, 5.74) is 0. The Labute approximate surface area is 112 Å². The molecule has 100 valence electrons. The lowest BCUT2D eigenvalue weighted by Gasteiger charge is -2.49. The molecule has 0 radical (unpaired) electrons. The highest BCUT2D eigenvalue weighted by Gasteiger charge is 2.54. The van der Waals surface area contributed by atoms with Crippen molar-refractivity contribution in [1.82, 2.24) is 0 Å². The van der Waals surface area contributed by atoms with Crippen molar-refractivity contribution in [2.75, 3.05) is 0 Å². The van der Waals surface area contributed by atoms with Crippen molar-refractivity contribution in [2.45, 2.75) is 51.1 Å². The molecule has 18 heavy (non-hydrogen) atoms. The van der Waals surface area contributed by atoms with Crippen LogP contribution in [-0.4, -0.2) is 25.7 Å². The normalized spacial score (nSPS) is 34.6. The third-order valence-corrected chi connectivity index (χ3v) is 15.9. The summed E-state index contributed by atoms with van der Waals surface area (Å²) < 4.78 is 18.3. The van der Waals surface area contributed by atoms with E-state index in [1.165, 1.54) is 0 Å². The Bertz CT molecular complexity index is 359. The van der Waals surface area contributed by atoms with Gasteiger partial charge in [0.25, 0.3) is 0 Å². The average Bonchev–Trinajstić information content (AvgIpc) is 2.20. The summed E-state index contributed by atoms with van der Waals surface area (Å²) >= 11 is 0. The molecule has 2 unspecified atom stereocenters. The summed E-state index contributed by atoms with van der Waals surface area (Å²) in [5.74, 6) is 0. The van der Waals surface area contributed by atoms with Crippen LogP contribution in [0, 0.1) is 22.7 Å². The maximum atomic E-state index is 8.72. The topological polar surface area (TPSA) is 75.3 Å². The van der Waals surface area contributed by atoms with Crippen molar-refractivity contribution in [2.24, 2.45) is 0 Å². The van der Waals surface area contributed by atoms with Crippen LogP contribution in [0.4, 0.5) is 0 Å². The van der Waals surface area contributed by atoms with Crippen molar-refractivity contribution in [3.05, 3.63) is 0 Å². The van der Waals surface area contributed by atoms with E-state index in [1.807, 2.05) is 26.2 Å². The van der Waals surface area contributed by atoms with Crippen molar-refractivity contribution in [3.63, 3.8) is 0 Å². The quantitative estimate of drug-likeness (QED) is 0.746. The Morgan fingerprint density at radius 3 is 1.50 bits per heavy atom. The lowest BCUT2D eigenvalue weighted by atomic mass is 10.6. The standard InChI is InChI=1S/C10H20N2O3Si3/c1-16(2)13-17(3,9-5-7-11)15-18(4,14-16)10-6-8-12/h5-6,9-10H2,1-4H3. The number of nitrogens with zero attached hydrogens (tertiary/aromatic N) is 2.